The lowest BCUT2D eigenvalue weighted by Gasteiger charge is -2.36. The van der Waals surface area contributed by atoms with Crippen LogP contribution in [0.15, 0.2) is 83.1 Å². The maximum absolute atomic E-state index is 13.4. The van der Waals surface area contributed by atoms with Crippen LogP contribution in [0.3, 0.4) is 0 Å². The molecule has 1 atom stereocenters. The number of nitrogens with zero attached hydrogens (tertiary/aromatic N) is 2. The van der Waals surface area contributed by atoms with E-state index >= 15 is 0 Å². The van der Waals surface area contributed by atoms with Crippen LogP contribution in [0.2, 0.25) is 0 Å². The number of oxazole rings is 1. The van der Waals surface area contributed by atoms with Gasteiger partial charge in [0.05, 0.1) is 12.2 Å². The van der Waals surface area contributed by atoms with E-state index in [4.69, 9.17) is 4.42 Å². The monoisotopic (exact) mass is 386 g/mol. The number of hydrogen-bond acceptors (Lipinski definition) is 4. The summed E-state index contributed by atoms with van der Waals surface area (Å²) in [6, 6.07) is 19.9. The van der Waals surface area contributed by atoms with Crippen LogP contribution >= 0.6 is 11.3 Å². The molecule has 3 heterocycles. The summed E-state index contributed by atoms with van der Waals surface area (Å²) in [6.07, 6.45) is 3.98. The van der Waals surface area contributed by atoms with Crippen LogP contribution in [0.4, 0.5) is 0 Å². The highest BCUT2D eigenvalue weighted by molar-refractivity contribution is 7.10. The van der Waals surface area contributed by atoms with Gasteiger partial charge >= 0.3 is 0 Å². The Hall–Kier alpha value is -3.18. The van der Waals surface area contributed by atoms with Gasteiger partial charge in [-0.25, -0.2) is 4.98 Å². The number of aromatic nitrogens is 1. The van der Waals surface area contributed by atoms with E-state index in [0.717, 1.165) is 24.1 Å². The van der Waals surface area contributed by atoms with Crippen LogP contribution in [0.5, 0.6) is 0 Å². The minimum absolute atomic E-state index is 0.0438. The predicted octanol–water partition coefficient (Wildman–Crippen LogP) is 5.19. The van der Waals surface area contributed by atoms with Gasteiger partial charge < -0.3 is 9.32 Å². The van der Waals surface area contributed by atoms with E-state index in [9.17, 15) is 4.79 Å². The molecule has 28 heavy (non-hydrogen) atoms. The van der Waals surface area contributed by atoms with Crippen molar-refractivity contribution in [1.29, 1.82) is 0 Å². The lowest BCUT2D eigenvalue weighted by atomic mass is 9.92. The van der Waals surface area contributed by atoms with E-state index in [1.54, 1.807) is 17.5 Å². The Morgan fingerprint density at radius 3 is 2.64 bits per heavy atom. The largest absolute Gasteiger partial charge is 0.444 e. The molecule has 0 spiro atoms. The molecule has 0 saturated carbocycles. The van der Waals surface area contributed by atoms with Crippen molar-refractivity contribution in [3.05, 3.63) is 100 Å². The van der Waals surface area contributed by atoms with Crippen LogP contribution in [0.25, 0.3) is 11.3 Å². The first kappa shape index (κ1) is 17.0. The zero-order valence-electron chi connectivity index (χ0n) is 15.1. The van der Waals surface area contributed by atoms with Crippen LogP contribution in [-0.2, 0) is 6.42 Å². The summed E-state index contributed by atoms with van der Waals surface area (Å²) < 4.78 is 5.34. The Bertz CT molecular complexity index is 1090. The average Bonchev–Trinajstić information content (AvgIpc) is 3.45. The molecule has 1 aliphatic heterocycles. The molecule has 1 amide bonds. The highest BCUT2D eigenvalue weighted by Crippen LogP contribution is 2.38. The number of thiophene rings is 1. The van der Waals surface area contributed by atoms with Crippen molar-refractivity contribution >= 4 is 17.2 Å². The lowest BCUT2D eigenvalue weighted by molar-refractivity contribution is 0.0696. The fourth-order valence-electron chi connectivity index (χ4n) is 3.83. The fourth-order valence-corrected chi connectivity index (χ4v) is 4.74. The van der Waals surface area contributed by atoms with Gasteiger partial charge in [-0.05, 0) is 41.1 Å². The summed E-state index contributed by atoms with van der Waals surface area (Å²) >= 11 is 1.78. The molecule has 138 valence electrons. The molecule has 0 radical (unpaired) electrons. The van der Waals surface area contributed by atoms with Gasteiger partial charge in [0, 0.05) is 22.5 Å². The van der Waals surface area contributed by atoms with E-state index < -0.39 is 0 Å². The standard InChI is InChI=1S/C23H18N2O2S/c26-23(18-8-6-16(7-9-18)20-14-24-15-27-20)25-12-10-21-19(11-13-28-21)22(25)17-4-2-1-3-5-17/h1-9,11,13-15,22H,10,12H2/t22-/m1/s1. The maximum Gasteiger partial charge on any atom is 0.254 e. The molecule has 4 aromatic rings. The highest BCUT2D eigenvalue weighted by atomic mass is 32.1. The molecule has 1 aliphatic rings. The highest BCUT2D eigenvalue weighted by Gasteiger charge is 2.33. The maximum atomic E-state index is 13.4. The number of carbonyl (C=O) groups is 1. The smallest absolute Gasteiger partial charge is 0.254 e. The van der Waals surface area contributed by atoms with Gasteiger partial charge in [0.1, 0.15) is 0 Å². The van der Waals surface area contributed by atoms with Crippen molar-refractivity contribution in [2.75, 3.05) is 6.54 Å². The third-order valence-electron chi connectivity index (χ3n) is 5.19. The Labute approximate surface area is 167 Å². The zero-order chi connectivity index (χ0) is 18.9. The average molecular weight is 386 g/mol. The summed E-state index contributed by atoms with van der Waals surface area (Å²) in [5, 5.41) is 2.13. The Morgan fingerprint density at radius 2 is 1.89 bits per heavy atom. The molecular weight excluding hydrogens is 368 g/mol. The van der Waals surface area contributed by atoms with E-state index in [-0.39, 0.29) is 11.9 Å². The zero-order valence-corrected chi connectivity index (χ0v) is 15.9. The number of carbonyl (C=O) groups excluding carboxylic acids is 1. The van der Waals surface area contributed by atoms with Crippen molar-refractivity contribution in [3.63, 3.8) is 0 Å². The summed E-state index contributed by atoms with van der Waals surface area (Å²) in [5.74, 6) is 0.747. The number of benzene rings is 2. The van der Waals surface area contributed by atoms with Crippen LogP contribution in [-0.4, -0.2) is 22.3 Å². The molecule has 0 N–H and O–H groups in total. The van der Waals surface area contributed by atoms with Crippen LogP contribution in [0.1, 0.15) is 32.4 Å². The minimum Gasteiger partial charge on any atom is -0.444 e. The third-order valence-corrected chi connectivity index (χ3v) is 6.19. The predicted molar refractivity (Wildman–Crippen MR) is 109 cm³/mol. The van der Waals surface area contributed by atoms with Gasteiger partial charge in [-0.1, -0.05) is 42.5 Å². The summed E-state index contributed by atoms with van der Waals surface area (Å²) in [6.45, 7) is 0.718. The molecule has 0 unspecified atom stereocenters. The summed E-state index contributed by atoms with van der Waals surface area (Å²) in [7, 11) is 0. The van der Waals surface area contributed by atoms with Crippen LogP contribution < -0.4 is 0 Å². The van der Waals surface area contributed by atoms with E-state index in [2.05, 4.69) is 28.6 Å². The van der Waals surface area contributed by atoms with Gasteiger partial charge in [-0.3, -0.25) is 4.79 Å². The molecule has 0 bridgehead atoms. The van der Waals surface area contributed by atoms with Crippen molar-refractivity contribution in [2.24, 2.45) is 0 Å². The molecule has 4 nitrogen and oxygen atoms in total. The van der Waals surface area contributed by atoms with Crippen molar-refractivity contribution in [2.45, 2.75) is 12.5 Å². The van der Waals surface area contributed by atoms with Crippen molar-refractivity contribution in [1.82, 2.24) is 9.88 Å². The number of fused-ring (bicyclic) bond motifs is 1. The van der Waals surface area contributed by atoms with Gasteiger partial charge in [0.15, 0.2) is 12.2 Å². The molecule has 0 aliphatic carbocycles. The topological polar surface area (TPSA) is 46.3 Å². The first-order valence-electron chi connectivity index (χ1n) is 9.22. The number of amides is 1. The molecule has 0 fully saturated rings. The number of rotatable bonds is 3. The van der Waals surface area contributed by atoms with Gasteiger partial charge in [0.25, 0.3) is 5.91 Å². The molecule has 5 rings (SSSR count). The first-order valence-corrected chi connectivity index (χ1v) is 10.1. The molecule has 0 saturated heterocycles. The van der Waals surface area contributed by atoms with E-state index in [1.807, 2.05) is 47.4 Å². The second-order valence-corrected chi connectivity index (χ2v) is 7.80. The van der Waals surface area contributed by atoms with Crippen LogP contribution in [0, 0.1) is 0 Å². The molecule has 2 aromatic heterocycles. The summed E-state index contributed by atoms with van der Waals surface area (Å²) in [4.78, 5) is 20.7. The van der Waals surface area contributed by atoms with E-state index in [0.29, 0.717) is 11.3 Å². The van der Waals surface area contributed by atoms with Gasteiger partial charge in [0.2, 0.25) is 0 Å². The second-order valence-electron chi connectivity index (χ2n) is 6.80. The first-order chi connectivity index (χ1) is 13.8. The van der Waals surface area contributed by atoms with Gasteiger partial charge in [-0.15, -0.1) is 11.3 Å². The third kappa shape index (κ3) is 2.94. The lowest BCUT2D eigenvalue weighted by Crippen LogP contribution is -2.40. The molecule has 2 aromatic carbocycles. The molecule has 5 heteroatoms. The van der Waals surface area contributed by atoms with Gasteiger partial charge in [-0.2, -0.15) is 0 Å². The SMILES string of the molecule is O=C(c1ccc(-c2cnco2)cc1)N1CCc2sccc2[C@H]1c1ccccc1. The van der Waals surface area contributed by atoms with Crippen molar-refractivity contribution < 1.29 is 9.21 Å². The van der Waals surface area contributed by atoms with Crippen molar-refractivity contribution in [3.8, 4) is 11.3 Å². The Balaban J connectivity index is 1.49. The van der Waals surface area contributed by atoms with E-state index in [1.165, 1.54) is 16.8 Å². The normalized spacial score (nSPS) is 16.0. The minimum atomic E-state index is -0.0438. The Kier molecular flexibility index (Phi) is 4.29. The summed E-state index contributed by atoms with van der Waals surface area (Å²) in [5.41, 5.74) is 3.98. The number of hydrogen-bond donors (Lipinski definition) is 0. The quantitative estimate of drug-likeness (QED) is 0.487. The fraction of sp³-hybridized carbons (Fsp3) is 0.130. The second kappa shape index (κ2) is 7.09. The molecular formula is C23H18N2O2S. The Morgan fingerprint density at radius 1 is 1.07 bits per heavy atom.